The summed E-state index contributed by atoms with van der Waals surface area (Å²) in [5, 5.41) is 19.7. The fraction of sp³-hybridized carbons (Fsp3) is 0.222. The van der Waals surface area contributed by atoms with Crippen LogP contribution in [0.25, 0.3) is 0 Å². The number of benzene rings is 2. The van der Waals surface area contributed by atoms with Crippen LogP contribution in [0.1, 0.15) is 12.8 Å². The van der Waals surface area contributed by atoms with E-state index in [1.807, 2.05) is 0 Å². The predicted molar refractivity (Wildman–Crippen MR) is 106 cm³/mol. The van der Waals surface area contributed by atoms with Crippen LogP contribution in [0.4, 0.5) is 4.39 Å². The summed E-state index contributed by atoms with van der Waals surface area (Å²) < 4.78 is 43.6. The Morgan fingerprint density at radius 2 is 1.67 bits per heavy atom. The highest BCUT2D eigenvalue weighted by molar-refractivity contribution is 7.89. The number of nitrogens with zero attached hydrogens (tertiary/aromatic N) is 1. The van der Waals surface area contributed by atoms with Crippen molar-refractivity contribution < 1.29 is 27.5 Å². The van der Waals surface area contributed by atoms with Crippen LogP contribution < -0.4 is 21.5 Å². The zero-order valence-corrected chi connectivity index (χ0v) is 16.6. The van der Waals surface area contributed by atoms with Gasteiger partial charge in [-0.1, -0.05) is 4.47 Å². The fourth-order valence-electron chi connectivity index (χ4n) is 2.47. The van der Waals surface area contributed by atoms with Gasteiger partial charge in [-0.2, -0.15) is 0 Å². The molecule has 0 bridgehead atoms. The number of rotatable bonds is 10. The standard InChI is InChI=1S/C18H22FN5O5S/c19-12-3-5-13(6-4-12)29-14-7-9-15(10-8-14)30(27,28)24(26)16(17(20)25)2-1-11-23-18(21)22/h3-10,16,26H,1-2,11H2,(H2,20,25)(H4,21,22,23)/t16-/m1/s1. The number of carbonyl (C=O) groups excluding carboxylic acids is 1. The number of nitrogens with one attached hydrogen (secondary N) is 2. The number of guanidine groups is 1. The molecule has 0 aliphatic carbocycles. The topological polar surface area (TPSA) is 172 Å². The van der Waals surface area contributed by atoms with Crippen molar-refractivity contribution in [3.63, 3.8) is 0 Å². The lowest BCUT2D eigenvalue weighted by atomic mass is 10.1. The summed E-state index contributed by atoms with van der Waals surface area (Å²) in [6.07, 6.45) is 0.140. The minimum atomic E-state index is -4.44. The van der Waals surface area contributed by atoms with E-state index in [0.717, 1.165) is 0 Å². The Morgan fingerprint density at radius 1 is 1.13 bits per heavy atom. The van der Waals surface area contributed by atoms with Crippen LogP contribution in [0.15, 0.2) is 53.4 Å². The number of primary amides is 1. The Kier molecular flexibility index (Phi) is 7.69. The van der Waals surface area contributed by atoms with Crippen molar-refractivity contribution in [2.24, 2.45) is 11.5 Å². The second-order valence-corrected chi connectivity index (χ2v) is 8.00. The summed E-state index contributed by atoms with van der Waals surface area (Å²) in [6.45, 7) is 0.197. The van der Waals surface area contributed by atoms with Gasteiger partial charge >= 0.3 is 0 Å². The third-order valence-electron chi connectivity index (χ3n) is 3.98. The van der Waals surface area contributed by atoms with Crippen LogP contribution >= 0.6 is 0 Å². The number of hydrogen-bond acceptors (Lipinski definition) is 6. The van der Waals surface area contributed by atoms with E-state index in [0.29, 0.717) is 5.75 Å². The second-order valence-electron chi connectivity index (χ2n) is 6.21. The number of sulfonamides is 1. The minimum Gasteiger partial charge on any atom is -0.457 e. The summed E-state index contributed by atoms with van der Waals surface area (Å²) >= 11 is 0. The molecule has 0 radical (unpaired) electrons. The third-order valence-corrected chi connectivity index (χ3v) is 5.60. The maximum absolute atomic E-state index is 12.9. The molecule has 0 aliphatic rings. The molecule has 2 aromatic carbocycles. The van der Waals surface area contributed by atoms with E-state index in [4.69, 9.17) is 21.6 Å². The molecule has 0 aliphatic heterocycles. The molecule has 1 atom stereocenters. The molecule has 0 aromatic heterocycles. The van der Waals surface area contributed by atoms with E-state index in [-0.39, 0.29) is 40.5 Å². The van der Waals surface area contributed by atoms with Crippen LogP contribution in [0.2, 0.25) is 0 Å². The Balaban J connectivity index is 2.10. The van der Waals surface area contributed by atoms with Gasteiger partial charge in [-0.05, 0) is 61.4 Å². The summed E-state index contributed by atoms with van der Waals surface area (Å²) in [6, 6.07) is 8.82. The van der Waals surface area contributed by atoms with Crippen molar-refractivity contribution in [2.45, 2.75) is 23.8 Å². The first-order chi connectivity index (χ1) is 14.1. The maximum atomic E-state index is 12.9. The molecule has 0 saturated carbocycles. The molecule has 0 saturated heterocycles. The van der Waals surface area contributed by atoms with Crippen molar-refractivity contribution in [3.05, 3.63) is 54.3 Å². The van der Waals surface area contributed by atoms with Gasteiger partial charge in [0.15, 0.2) is 5.96 Å². The molecule has 0 fully saturated rings. The van der Waals surface area contributed by atoms with Gasteiger partial charge in [-0.15, -0.1) is 0 Å². The number of ether oxygens (including phenoxy) is 1. The lowest BCUT2D eigenvalue weighted by molar-refractivity contribution is -0.131. The monoisotopic (exact) mass is 439 g/mol. The number of halogens is 1. The smallest absolute Gasteiger partial charge is 0.265 e. The second kappa shape index (κ2) is 10.0. The van der Waals surface area contributed by atoms with Gasteiger partial charge in [0.25, 0.3) is 10.0 Å². The minimum absolute atomic E-state index is 0.0705. The Hall–Kier alpha value is -3.22. The molecule has 162 valence electrons. The lowest BCUT2D eigenvalue weighted by Gasteiger charge is -2.23. The number of amides is 1. The van der Waals surface area contributed by atoms with Crippen molar-refractivity contribution >= 4 is 21.9 Å². The van der Waals surface area contributed by atoms with Crippen molar-refractivity contribution in [1.82, 2.24) is 9.79 Å². The molecule has 2 rings (SSSR count). The van der Waals surface area contributed by atoms with Gasteiger partial charge in [0, 0.05) is 6.54 Å². The van der Waals surface area contributed by atoms with Crippen molar-refractivity contribution in [1.29, 1.82) is 5.41 Å². The SMILES string of the molecule is N=C(N)NCCC[C@H](C(N)=O)N(O)S(=O)(=O)c1ccc(Oc2ccc(F)cc2)cc1. The predicted octanol–water partition coefficient (Wildman–Crippen LogP) is 1.12. The van der Waals surface area contributed by atoms with Gasteiger partial charge in [0.1, 0.15) is 23.4 Å². The highest BCUT2D eigenvalue weighted by atomic mass is 32.2. The highest BCUT2D eigenvalue weighted by Gasteiger charge is 2.33. The molecule has 2 aromatic rings. The Morgan fingerprint density at radius 3 is 2.17 bits per heavy atom. The molecule has 0 spiro atoms. The molecule has 0 unspecified atom stereocenters. The first-order valence-corrected chi connectivity index (χ1v) is 10.2. The lowest BCUT2D eigenvalue weighted by Crippen LogP contribution is -2.46. The number of nitrogens with two attached hydrogens (primary N) is 2. The van der Waals surface area contributed by atoms with Crippen LogP contribution in [-0.2, 0) is 14.8 Å². The van der Waals surface area contributed by atoms with Crippen LogP contribution in [0.3, 0.4) is 0 Å². The average Bonchev–Trinajstić information content (AvgIpc) is 2.69. The first kappa shape index (κ1) is 23.1. The number of carbonyl (C=O) groups is 1. The van der Waals surface area contributed by atoms with Crippen LogP contribution in [-0.4, -0.2) is 42.5 Å². The van der Waals surface area contributed by atoms with E-state index in [9.17, 15) is 22.8 Å². The molecular weight excluding hydrogens is 417 g/mol. The molecule has 12 heteroatoms. The first-order valence-electron chi connectivity index (χ1n) is 8.75. The Labute approximate surface area is 172 Å². The van der Waals surface area contributed by atoms with Crippen LogP contribution in [0.5, 0.6) is 11.5 Å². The summed E-state index contributed by atoms with van der Waals surface area (Å²) in [7, 11) is -4.44. The van der Waals surface area contributed by atoms with Gasteiger partial charge in [-0.25, -0.2) is 12.8 Å². The van der Waals surface area contributed by atoms with E-state index in [2.05, 4.69) is 5.32 Å². The van der Waals surface area contributed by atoms with Crippen molar-refractivity contribution in [3.8, 4) is 11.5 Å². The van der Waals surface area contributed by atoms with Gasteiger partial charge in [0.2, 0.25) is 5.91 Å². The van der Waals surface area contributed by atoms with Gasteiger partial charge in [0.05, 0.1) is 4.90 Å². The van der Waals surface area contributed by atoms with E-state index in [1.54, 1.807) is 0 Å². The van der Waals surface area contributed by atoms with E-state index >= 15 is 0 Å². The van der Waals surface area contributed by atoms with Gasteiger partial charge in [-0.3, -0.25) is 15.4 Å². The summed E-state index contributed by atoms with van der Waals surface area (Å²) in [4.78, 5) is 11.4. The zero-order valence-electron chi connectivity index (χ0n) is 15.8. The average molecular weight is 439 g/mol. The van der Waals surface area contributed by atoms with E-state index < -0.39 is 27.8 Å². The number of hydroxylamine groups is 1. The zero-order chi connectivity index (χ0) is 22.3. The third kappa shape index (κ3) is 6.14. The fourth-order valence-corrected chi connectivity index (χ4v) is 3.71. The Bertz CT molecular complexity index is 983. The maximum Gasteiger partial charge on any atom is 0.265 e. The molecule has 1 amide bonds. The van der Waals surface area contributed by atoms with Crippen LogP contribution in [0, 0.1) is 11.2 Å². The molecular formula is C18H22FN5O5S. The highest BCUT2D eigenvalue weighted by Crippen LogP contribution is 2.25. The molecule has 7 N–H and O–H groups in total. The normalized spacial score (nSPS) is 12.4. The van der Waals surface area contributed by atoms with E-state index in [1.165, 1.54) is 48.5 Å². The summed E-state index contributed by atoms with van der Waals surface area (Å²) in [5.41, 5.74) is 10.4. The molecule has 10 nitrogen and oxygen atoms in total. The molecule has 30 heavy (non-hydrogen) atoms. The van der Waals surface area contributed by atoms with Crippen molar-refractivity contribution in [2.75, 3.05) is 6.54 Å². The van der Waals surface area contributed by atoms with Gasteiger partial charge < -0.3 is 21.5 Å². The number of hydrogen-bond donors (Lipinski definition) is 5. The quantitative estimate of drug-likeness (QED) is 0.160. The largest absolute Gasteiger partial charge is 0.457 e. The molecule has 0 heterocycles. The summed E-state index contributed by atoms with van der Waals surface area (Å²) in [5.74, 6) is -1.09.